The van der Waals surface area contributed by atoms with Crippen LogP contribution in [0.4, 0.5) is 0 Å². The molecule has 0 amide bonds. The molecule has 3 aromatic rings. The Morgan fingerprint density at radius 2 is 2.24 bits per heavy atom. The SMILES string of the molecule is CCc1nn(C)c2c1[nH]c(=S)n2-c1ccc(C#N)cc1Br. The van der Waals surface area contributed by atoms with E-state index in [1.54, 1.807) is 12.1 Å². The highest BCUT2D eigenvalue weighted by Crippen LogP contribution is 2.28. The van der Waals surface area contributed by atoms with Crippen molar-refractivity contribution in [1.29, 1.82) is 5.26 Å². The van der Waals surface area contributed by atoms with Gasteiger partial charge in [-0.1, -0.05) is 6.92 Å². The number of nitriles is 1. The molecule has 1 aromatic carbocycles. The number of imidazole rings is 1. The smallest absolute Gasteiger partial charge is 0.184 e. The van der Waals surface area contributed by atoms with Gasteiger partial charge in [0.2, 0.25) is 0 Å². The number of rotatable bonds is 2. The predicted molar refractivity (Wildman–Crippen MR) is 87.0 cm³/mol. The monoisotopic (exact) mass is 361 g/mol. The van der Waals surface area contributed by atoms with Crippen LogP contribution >= 0.6 is 28.1 Å². The first-order valence-electron chi connectivity index (χ1n) is 6.43. The summed E-state index contributed by atoms with van der Waals surface area (Å²) in [6.45, 7) is 2.06. The average molecular weight is 362 g/mol. The lowest BCUT2D eigenvalue weighted by atomic mass is 10.2. The van der Waals surface area contributed by atoms with Crippen LogP contribution in [0.2, 0.25) is 0 Å². The largest absolute Gasteiger partial charge is 0.327 e. The fourth-order valence-electron chi connectivity index (χ4n) is 2.44. The van der Waals surface area contributed by atoms with Gasteiger partial charge in [-0.2, -0.15) is 10.4 Å². The normalized spacial score (nSPS) is 11.0. The van der Waals surface area contributed by atoms with E-state index in [0.717, 1.165) is 33.4 Å². The van der Waals surface area contributed by atoms with E-state index < -0.39 is 0 Å². The maximum Gasteiger partial charge on any atom is 0.184 e. The van der Waals surface area contributed by atoms with Crippen LogP contribution in [0.15, 0.2) is 22.7 Å². The molecule has 0 bridgehead atoms. The lowest BCUT2D eigenvalue weighted by molar-refractivity contribution is 0.748. The van der Waals surface area contributed by atoms with E-state index in [9.17, 15) is 0 Å². The first-order chi connectivity index (χ1) is 10.1. The summed E-state index contributed by atoms with van der Waals surface area (Å²) < 4.78 is 5.18. The summed E-state index contributed by atoms with van der Waals surface area (Å²) >= 11 is 8.97. The molecule has 2 aromatic heterocycles. The van der Waals surface area contributed by atoms with Gasteiger partial charge in [0.15, 0.2) is 10.4 Å². The molecular formula is C14H12BrN5S. The number of hydrogen-bond acceptors (Lipinski definition) is 3. The van der Waals surface area contributed by atoms with Crippen LogP contribution in [0, 0.1) is 16.1 Å². The number of aromatic amines is 1. The van der Waals surface area contributed by atoms with Crippen LogP contribution in [0.5, 0.6) is 0 Å². The predicted octanol–water partition coefficient (Wildman–Crippen LogP) is 3.62. The van der Waals surface area contributed by atoms with Crippen molar-refractivity contribution in [2.45, 2.75) is 13.3 Å². The molecule has 0 unspecified atom stereocenters. The van der Waals surface area contributed by atoms with Gasteiger partial charge in [-0.3, -0.25) is 4.57 Å². The molecule has 3 rings (SSSR count). The van der Waals surface area contributed by atoms with Crippen molar-refractivity contribution in [2.75, 3.05) is 0 Å². The minimum Gasteiger partial charge on any atom is -0.327 e. The maximum atomic E-state index is 8.97. The van der Waals surface area contributed by atoms with E-state index in [2.05, 4.69) is 39.0 Å². The van der Waals surface area contributed by atoms with Gasteiger partial charge in [-0.15, -0.1) is 0 Å². The highest BCUT2D eigenvalue weighted by atomic mass is 79.9. The summed E-state index contributed by atoms with van der Waals surface area (Å²) in [7, 11) is 1.90. The highest BCUT2D eigenvalue weighted by Gasteiger charge is 2.16. The molecule has 5 nitrogen and oxygen atoms in total. The Hall–Kier alpha value is -1.91. The van der Waals surface area contributed by atoms with Crippen molar-refractivity contribution in [3.63, 3.8) is 0 Å². The van der Waals surface area contributed by atoms with Gasteiger partial charge in [0.25, 0.3) is 0 Å². The van der Waals surface area contributed by atoms with E-state index in [4.69, 9.17) is 17.5 Å². The van der Waals surface area contributed by atoms with Gasteiger partial charge in [-0.25, -0.2) is 4.68 Å². The second kappa shape index (κ2) is 5.13. The van der Waals surface area contributed by atoms with Crippen LogP contribution in [0.1, 0.15) is 18.2 Å². The molecule has 106 valence electrons. The molecule has 0 saturated heterocycles. The summed E-state index contributed by atoms with van der Waals surface area (Å²) in [5, 5.41) is 13.5. The zero-order valence-corrected chi connectivity index (χ0v) is 13.9. The topological polar surface area (TPSA) is 62.3 Å². The summed E-state index contributed by atoms with van der Waals surface area (Å²) in [5.41, 5.74) is 4.35. The lowest BCUT2D eigenvalue weighted by Crippen LogP contribution is -2.02. The van der Waals surface area contributed by atoms with Crippen molar-refractivity contribution < 1.29 is 0 Å². The van der Waals surface area contributed by atoms with Gasteiger partial charge >= 0.3 is 0 Å². The van der Waals surface area contributed by atoms with Gasteiger partial charge < -0.3 is 4.98 Å². The Bertz CT molecular complexity index is 941. The number of halogens is 1. The number of fused-ring (bicyclic) bond motifs is 1. The number of benzene rings is 1. The molecule has 0 fully saturated rings. The molecule has 2 heterocycles. The van der Waals surface area contributed by atoms with Gasteiger partial charge in [0, 0.05) is 11.5 Å². The zero-order chi connectivity index (χ0) is 15.1. The Balaban J connectivity index is 2.36. The fraction of sp³-hybridized carbons (Fsp3) is 0.214. The van der Waals surface area contributed by atoms with Crippen LogP contribution in [0.25, 0.3) is 16.9 Å². The van der Waals surface area contributed by atoms with Crippen molar-refractivity contribution in [3.8, 4) is 11.8 Å². The van der Waals surface area contributed by atoms with Crippen molar-refractivity contribution >= 4 is 39.3 Å². The molecule has 21 heavy (non-hydrogen) atoms. The third-order valence-corrected chi connectivity index (χ3v) is 4.31. The summed E-state index contributed by atoms with van der Waals surface area (Å²) in [6.07, 6.45) is 0.834. The van der Waals surface area contributed by atoms with Gasteiger partial charge in [0.05, 0.1) is 23.0 Å². The first kappa shape index (κ1) is 14.0. The first-order valence-corrected chi connectivity index (χ1v) is 7.63. The van der Waals surface area contributed by atoms with Gasteiger partial charge in [-0.05, 0) is 52.8 Å². The molecule has 0 radical (unpaired) electrons. The molecular weight excluding hydrogens is 350 g/mol. The van der Waals surface area contributed by atoms with Crippen molar-refractivity contribution in [2.24, 2.45) is 7.05 Å². The van der Waals surface area contributed by atoms with Crippen LogP contribution in [0.3, 0.4) is 0 Å². The second-order valence-corrected chi connectivity index (χ2v) is 5.91. The standard InChI is InChI=1S/C14H12BrN5S/c1-3-10-12-13(19(2)18-10)20(14(21)17-12)11-5-4-8(7-16)6-9(11)15/h4-6H,3H2,1-2H3,(H,17,21). The number of hydrogen-bond donors (Lipinski definition) is 1. The molecule has 1 N–H and O–H groups in total. The molecule has 0 saturated carbocycles. The van der Waals surface area contributed by atoms with E-state index in [0.29, 0.717) is 10.3 Å². The highest BCUT2D eigenvalue weighted by molar-refractivity contribution is 9.10. The van der Waals surface area contributed by atoms with E-state index >= 15 is 0 Å². The number of H-pyrrole nitrogens is 1. The van der Waals surface area contributed by atoms with Gasteiger partial charge in [0.1, 0.15) is 5.52 Å². The van der Waals surface area contributed by atoms with E-state index in [1.165, 1.54) is 0 Å². The summed E-state index contributed by atoms with van der Waals surface area (Å²) in [5.74, 6) is 0. The van der Waals surface area contributed by atoms with Crippen LogP contribution in [-0.2, 0) is 13.5 Å². The number of nitrogens with zero attached hydrogens (tertiary/aromatic N) is 4. The molecule has 0 atom stereocenters. The van der Waals surface area contributed by atoms with Crippen molar-refractivity contribution in [3.05, 3.63) is 38.7 Å². The zero-order valence-electron chi connectivity index (χ0n) is 11.5. The fourth-order valence-corrected chi connectivity index (χ4v) is 3.28. The number of aryl methyl sites for hydroxylation is 2. The number of aromatic nitrogens is 4. The lowest BCUT2D eigenvalue weighted by Gasteiger charge is -2.07. The molecule has 0 aliphatic carbocycles. The molecule has 7 heteroatoms. The molecule has 0 aliphatic rings. The van der Waals surface area contributed by atoms with E-state index in [-0.39, 0.29) is 0 Å². The Morgan fingerprint density at radius 3 is 2.86 bits per heavy atom. The second-order valence-electron chi connectivity index (χ2n) is 4.67. The Kier molecular flexibility index (Phi) is 3.43. The minimum absolute atomic E-state index is 0.600. The summed E-state index contributed by atoms with van der Waals surface area (Å²) in [4.78, 5) is 3.23. The Morgan fingerprint density at radius 1 is 1.48 bits per heavy atom. The third kappa shape index (κ3) is 2.11. The maximum absolute atomic E-state index is 8.97. The van der Waals surface area contributed by atoms with Crippen LogP contribution in [-0.4, -0.2) is 19.3 Å². The molecule has 0 aliphatic heterocycles. The third-order valence-electron chi connectivity index (χ3n) is 3.39. The van der Waals surface area contributed by atoms with Crippen LogP contribution < -0.4 is 0 Å². The average Bonchev–Trinajstić information content (AvgIpc) is 2.96. The molecule has 0 spiro atoms. The Labute approximate surface area is 134 Å². The quantitative estimate of drug-likeness (QED) is 0.709. The van der Waals surface area contributed by atoms with E-state index in [1.807, 2.05) is 22.4 Å². The van der Waals surface area contributed by atoms with Crippen molar-refractivity contribution in [1.82, 2.24) is 19.3 Å². The number of nitrogens with one attached hydrogen (secondary N) is 1. The summed E-state index contributed by atoms with van der Waals surface area (Å²) in [6, 6.07) is 7.57. The minimum atomic E-state index is 0.600.